The number of pyridine rings is 1. The van der Waals surface area contributed by atoms with Crippen LogP contribution in [-0.2, 0) is 19.5 Å². The molecule has 42 heavy (non-hydrogen) atoms. The number of hydrogen-bond acceptors (Lipinski definition) is 11. The van der Waals surface area contributed by atoms with Crippen molar-refractivity contribution >= 4 is 27.6 Å². The first-order valence-electron chi connectivity index (χ1n) is 12.8. The minimum Gasteiger partial charge on any atom is -0.487 e. The molecule has 0 saturated carbocycles. The molecule has 13 nitrogen and oxygen atoms in total. The number of nitrogens with one attached hydrogen (secondary N) is 1. The van der Waals surface area contributed by atoms with Crippen LogP contribution in [0.25, 0.3) is 11.4 Å². The number of alkyl halides is 3. The Balaban J connectivity index is 1.72. The molecule has 0 unspecified atom stereocenters. The first kappa shape index (κ1) is 31.7. The van der Waals surface area contributed by atoms with Crippen molar-refractivity contribution in [3.63, 3.8) is 0 Å². The smallest absolute Gasteiger partial charge is 0.422 e. The third-order valence-corrected chi connectivity index (χ3v) is 7.84. The second-order valence-electron chi connectivity index (χ2n) is 9.48. The molecule has 18 heteroatoms. The van der Waals surface area contributed by atoms with Crippen LogP contribution < -0.4 is 14.2 Å². The predicted octanol–water partition coefficient (Wildman–Crippen LogP) is 3.99. The van der Waals surface area contributed by atoms with Crippen molar-refractivity contribution in [3.05, 3.63) is 35.6 Å². The summed E-state index contributed by atoms with van der Waals surface area (Å²) in [4.78, 5) is 12.2. The second-order valence-corrected chi connectivity index (χ2v) is 12.0. The summed E-state index contributed by atoms with van der Waals surface area (Å²) >= 11 is 5.90. The number of anilines is 1. The van der Waals surface area contributed by atoms with Gasteiger partial charge in [-0.3, -0.25) is 14.3 Å². The van der Waals surface area contributed by atoms with Crippen LogP contribution >= 0.6 is 11.6 Å². The first-order valence-corrected chi connectivity index (χ1v) is 14.7. The molecule has 0 aliphatic carbocycles. The zero-order valence-electron chi connectivity index (χ0n) is 23.0. The Kier molecular flexibility index (Phi) is 9.74. The van der Waals surface area contributed by atoms with Crippen molar-refractivity contribution in [2.45, 2.75) is 57.4 Å². The Morgan fingerprint density at radius 2 is 1.88 bits per heavy atom. The van der Waals surface area contributed by atoms with Crippen LogP contribution in [0.2, 0.25) is 5.02 Å². The molecule has 3 aromatic heterocycles. The summed E-state index contributed by atoms with van der Waals surface area (Å²) in [7, 11) is -4.24. The molecule has 0 fully saturated rings. The predicted molar refractivity (Wildman–Crippen MR) is 144 cm³/mol. The molecule has 3 atom stereocenters. The number of halogens is 4. The standard InChI is InChI=1S/C24H29ClF3N7O6S/c1-5-38-10-16-11-39-20-17(8-29-9-18(20)40-12-24(26,27)28)22-32-33-23(35(16)22)34-42(36,37)14(4)19(41-13(2)3)21-30-6-15(25)7-31-21/h6-9,13-14,16,19H,5,10-12H2,1-4H3,(H,33,34)/t14-,16+,19+/m0/s1. The highest BCUT2D eigenvalue weighted by molar-refractivity contribution is 7.93. The molecule has 4 rings (SSSR count). The highest BCUT2D eigenvalue weighted by Crippen LogP contribution is 2.42. The minimum atomic E-state index is -4.60. The van der Waals surface area contributed by atoms with Crippen LogP contribution in [0.15, 0.2) is 24.8 Å². The average molecular weight is 636 g/mol. The van der Waals surface area contributed by atoms with E-state index >= 15 is 0 Å². The van der Waals surface area contributed by atoms with Crippen LogP contribution in [0.4, 0.5) is 19.1 Å². The Hall–Kier alpha value is -3.28. The van der Waals surface area contributed by atoms with Gasteiger partial charge in [-0.15, -0.1) is 10.2 Å². The van der Waals surface area contributed by atoms with Gasteiger partial charge in [-0.1, -0.05) is 11.6 Å². The van der Waals surface area contributed by atoms with E-state index in [1.807, 2.05) is 0 Å². The minimum absolute atomic E-state index is 0.0453. The van der Waals surface area contributed by atoms with Crippen LogP contribution in [-0.4, -0.2) is 82.1 Å². The zero-order chi connectivity index (χ0) is 30.7. The number of aromatic nitrogens is 6. The molecular weight excluding hydrogens is 607 g/mol. The van der Waals surface area contributed by atoms with E-state index in [9.17, 15) is 21.6 Å². The lowest BCUT2D eigenvalue weighted by Crippen LogP contribution is -2.35. The normalized spacial score (nSPS) is 16.6. The molecule has 3 aromatic rings. The van der Waals surface area contributed by atoms with Crippen molar-refractivity contribution in [2.75, 3.05) is 31.1 Å². The van der Waals surface area contributed by atoms with E-state index in [4.69, 9.17) is 30.5 Å². The van der Waals surface area contributed by atoms with Crippen molar-refractivity contribution < 1.29 is 40.5 Å². The molecule has 0 saturated heterocycles. The maximum absolute atomic E-state index is 13.7. The molecule has 1 N–H and O–H groups in total. The summed E-state index contributed by atoms with van der Waals surface area (Å²) in [5, 5.41) is 7.24. The number of nitrogens with zero attached hydrogens (tertiary/aromatic N) is 6. The molecule has 230 valence electrons. The molecule has 1 aliphatic heterocycles. The maximum Gasteiger partial charge on any atom is 0.422 e. The number of sulfonamides is 1. The molecule has 0 amide bonds. The average Bonchev–Trinajstić information content (AvgIpc) is 3.24. The van der Waals surface area contributed by atoms with Gasteiger partial charge in [-0.05, 0) is 27.7 Å². The molecule has 0 bridgehead atoms. The SMILES string of the molecule is CCOC[C@@H]1COc2c(OCC(F)(F)F)cncc2-c2nnc(NS(=O)(=O)[C@@H](C)[C@@H](OC(C)C)c3ncc(Cl)cn3)n21. The summed E-state index contributed by atoms with van der Waals surface area (Å²) in [6, 6.07) is -0.687. The topological polar surface area (TPSA) is 152 Å². The Labute approximate surface area is 244 Å². The van der Waals surface area contributed by atoms with Crippen molar-refractivity contribution in [3.8, 4) is 22.9 Å². The van der Waals surface area contributed by atoms with Gasteiger partial charge in [-0.2, -0.15) is 13.2 Å². The number of fused-ring (bicyclic) bond motifs is 3. The highest BCUT2D eigenvalue weighted by Gasteiger charge is 2.38. The van der Waals surface area contributed by atoms with Crippen LogP contribution in [0.5, 0.6) is 11.5 Å². The van der Waals surface area contributed by atoms with Gasteiger partial charge < -0.3 is 18.9 Å². The van der Waals surface area contributed by atoms with E-state index in [0.717, 1.165) is 6.20 Å². The Morgan fingerprint density at radius 1 is 1.17 bits per heavy atom. The molecule has 4 heterocycles. The summed E-state index contributed by atoms with van der Waals surface area (Å²) < 4.78 is 92.1. The van der Waals surface area contributed by atoms with E-state index in [-0.39, 0.29) is 59.0 Å². The number of rotatable bonds is 12. The van der Waals surface area contributed by atoms with Gasteiger partial charge in [0.2, 0.25) is 16.0 Å². The second kappa shape index (κ2) is 12.9. The third-order valence-electron chi connectivity index (χ3n) is 5.95. The van der Waals surface area contributed by atoms with Crippen LogP contribution in [0.1, 0.15) is 45.7 Å². The largest absolute Gasteiger partial charge is 0.487 e. The number of hydrogen-bond donors (Lipinski definition) is 1. The lowest BCUT2D eigenvalue weighted by molar-refractivity contribution is -0.153. The fraction of sp³-hybridized carbons (Fsp3) is 0.542. The summed E-state index contributed by atoms with van der Waals surface area (Å²) in [5.41, 5.74) is 0.148. The van der Waals surface area contributed by atoms with Crippen molar-refractivity contribution in [2.24, 2.45) is 0 Å². The van der Waals surface area contributed by atoms with Crippen LogP contribution in [0.3, 0.4) is 0 Å². The highest BCUT2D eigenvalue weighted by atomic mass is 35.5. The van der Waals surface area contributed by atoms with E-state index < -0.39 is 40.2 Å². The van der Waals surface area contributed by atoms with Gasteiger partial charge >= 0.3 is 6.18 Å². The summed E-state index contributed by atoms with van der Waals surface area (Å²) in [5.74, 6) is -0.294. The van der Waals surface area contributed by atoms with Gasteiger partial charge in [-0.25, -0.2) is 18.4 Å². The van der Waals surface area contributed by atoms with E-state index in [1.165, 1.54) is 30.1 Å². The maximum atomic E-state index is 13.7. The Morgan fingerprint density at radius 3 is 2.52 bits per heavy atom. The first-order chi connectivity index (χ1) is 19.8. The quantitative estimate of drug-likeness (QED) is 0.307. The van der Waals surface area contributed by atoms with Crippen molar-refractivity contribution in [1.82, 2.24) is 29.7 Å². The fourth-order valence-electron chi connectivity index (χ4n) is 4.05. The molecule has 0 radical (unpaired) electrons. The van der Waals surface area contributed by atoms with Gasteiger partial charge in [0.25, 0.3) is 0 Å². The number of ether oxygens (including phenoxy) is 4. The van der Waals surface area contributed by atoms with E-state index in [0.29, 0.717) is 6.61 Å². The lowest BCUT2D eigenvalue weighted by atomic mass is 10.2. The molecule has 0 aromatic carbocycles. The zero-order valence-corrected chi connectivity index (χ0v) is 24.6. The summed E-state index contributed by atoms with van der Waals surface area (Å²) in [6.07, 6.45) is -0.974. The van der Waals surface area contributed by atoms with Crippen molar-refractivity contribution in [1.29, 1.82) is 0 Å². The van der Waals surface area contributed by atoms with E-state index in [1.54, 1.807) is 20.8 Å². The monoisotopic (exact) mass is 635 g/mol. The van der Waals surface area contributed by atoms with Crippen LogP contribution in [0, 0.1) is 0 Å². The molecule has 0 spiro atoms. The van der Waals surface area contributed by atoms with Gasteiger partial charge in [0.1, 0.15) is 18.0 Å². The molecular formula is C24H29ClF3N7O6S. The summed E-state index contributed by atoms with van der Waals surface area (Å²) in [6.45, 7) is 5.35. The fourth-order valence-corrected chi connectivity index (χ4v) is 5.24. The van der Waals surface area contributed by atoms with Gasteiger partial charge in [0.15, 0.2) is 29.8 Å². The third kappa shape index (κ3) is 7.37. The van der Waals surface area contributed by atoms with Gasteiger partial charge in [0, 0.05) is 25.2 Å². The lowest BCUT2D eigenvalue weighted by Gasteiger charge is -2.26. The Bertz CT molecular complexity index is 1470. The van der Waals surface area contributed by atoms with Gasteiger partial charge in [0.05, 0.1) is 35.5 Å². The van der Waals surface area contributed by atoms with E-state index in [2.05, 4.69) is 29.9 Å². The molecule has 1 aliphatic rings.